The fourth-order valence-corrected chi connectivity index (χ4v) is 4.47. The minimum atomic E-state index is -3.00. The van der Waals surface area contributed by atoms with Crippen LogP contribution in [0.5, 0.6) is 0 Å². The van der Waals surface area contributed by atoms with Gasteiger partial charge in [0.2, 0.25) is 0 Å². The van der Waals surface area contributed by atoms with E-state index in [1.165, 1.54) is 12.1 Å². The number of anilines is 2. The van der Waals surface area contributed by atoms with Crippen LogP contribution in [0, 0.1) is 10.1 Å². The Morgan fingerprint density at radius 3 is 2.45 bits per heavy atom. The molecule has 2 aromatic carbocycles. The Morgan fingerprint density at radius 2 is 1.82 bits per heavy atom. The van der Waals surface area contributed by atoms with Crippen molar-refractivity contribution in [1.82, 2.24) is 5.09 Å². The van der Waals surface area contributed by atoms with Crippen LogP contribution >= 0.6 is 7.59 Å². The third-order valence-corrected chi connectivity index (χ3v) is 5.73. The van der Waals surface area contributed by atoms with E-state index in [0.717, 1.165) is 5.69 Å². The van der Waals surface area contributed by atoms with Crippen LogP contribution in [0.25, 0.3) is 0 Å². The molecule has 1 atom stereocenters. The SMILES string of the molecule is O=[N+]([O-])c1ccc(NP2(=O)NCCN2c2ccccc2)cc1. The van der Waals surface area contributed by atoms with Crippen molar-refractivity contribution in [3.05, 3.63) is 64.7 Å². The fourth-order valence-electron chi connectivity index (χ4n) is 2.36. The first-order chi connectivity index (χ1) is 10.6. The smallest absolute Gasteiger partial charge is 0.308 e. The van der Waals surface area contributed by atoms with Crippen molar-refractivity contribution < 1.29 is 9.49 Å². The van der Waals surface area contributed by atoms with E-state index in [9.17, 15) is 14.7 Å². The van der Waals surface area contributed by atoms with Crippen molar-refractivity contribution in [1.29, 1.82) is 0 Å². The van der Waals surface area contributed by atoms with Gasteiger partial charge in [0.05, 0.1) is 4.92 Å². The number of para-hydroxylation sites is 1. The van der Waals surface area contributed by atoms with Gasteiger partial charge in [-0.25, -0.2) is 5.09 Å². The quantitative estimate of drug-likeness (QED) is 0.511. The summed E-state index contributed by atoms with van der Waals surface area (Å²) in [5.41, 5.74) is 1.44. The molecule has 0 radical (unpaired) electrons. The van der Waals surface area contributed by atoms with E-state index in [4.69, 9.17) is 0 Å². The Morgan fingerprint density at radius 1 is 1.14 bits per heavy atom. The van der Waals surface area contributed by atoms with Crippen LogP contribution in [0.2, 0.25) is 0 Å². The molecule has 3 rings (SSSR count). The Kier molecular flexibility index (Phi) is 3.83. The van der Waals surface area contributed by atoms with Gasteiger partial charge in [-0.1, -0.05) is 18.2 Å². The number of nitro groups is 1. The highest BCUT2D eigenvalue weighted by Crippen LogP contribution is 2.50. The van der Waals surface area contributed by atoms with E-state index in [0.29, 0.717) is 18.8 Å². The van der Waals surface area contributed by atoms with E-state index < -0.39 is 12.5 Å². The van der Waals surface area contributed by atoms with E-state index in [1.54, 1.807) is 16.8 Å². The summed E-state index contributed by atoms with van der Waals surface area (Å²) in [6.07, 6.45) is 0. The normalized spacial score (nSPS) is 20.8. The molecule has 2 aromatic rings. The Bertz CT molecular complexity index is 721. The van der Waals surface area contributed by atoms with E-state index in [1.807, 2.05) is 30.3 Å². The molecule has 0 amide bonds. The molecule has 0 aliphatic carbocycles. The van der Waals surface area contributed by atoms with Crippen molar-refractivity contribution >= 4 is 24.7 Å². The maximum atomic E-state index is 13.1. The highest BCUT2D eigenvalue weighted by molar-refractivity contribution is 7.65. The summed E-state index contributed by atoms with van der Waals surface area (Å²) in [5.74, 6) is 0. The lowest BCUT2D eigenvalue weighted by Crippen LogP contribution is -2.20. The van der Waals surface area contributed by atoms with Crippen molar-refractivity contribution in [2.45, 2.75) is 0 Å². The highest BCUT2D eigenvalue weighted by atomic mass is 31.2. The van der Waals surface area contributed by atoms with Gasteiger partial charge >= 0.3 is 7.59 Å². The first-order valence-corrected chi connectivity index (χ1v) is 8.45. The average Bonchev–Trinajstić information content (AvgIpc) is 2.90. The molecule has 0 saturated carbocycles. The van der Waals surface area contributed by atoms with Crippen molar-refractivity contribution in [3.63, 3.8) is 0 Å². The average molecular weight is 318 g/mol. The van der Waals surface area contributed by atoms with Gasteiger partial charge in [0.25, 0.3) is 5.69 Å². The van der Waals surface area contributed by atoms with Crippen molar-refractivity contribution in [3.8, 4) is 0 Å². The Hall–Kier alpha value is -2.37. The molecule has 2 N–H and O–H groups in total. The van der Waals surface area contributed by atoms with Crippen LogP contribution in [0.15, 0.2) is 54.6 Å². The number of rotatable bonds is 4. The fraction of sp³-hybridized carbons (Fsp3) is 0.143. The second-order valence-electron chi connectivity index (χ2n) is 4.86. The highest BCUT2D eigenvalue weighted by Gasteiger charge is 2.35. The van der Waals surface area contributed by atoms with Gasteiger partial charge < -0.3 is 5.09 Å². The van der Waals surface area contributed by atoms with Crippen LogP contribution in [0.4, 0.5) is 17.1 Å². The second kappa shape index (κ2) is 5.79. The number of benzene rings is 2. The third kappa shape index (κ3) is 2.81. The molecule has 1 aliphatic heterocycles. The van der Waals surface area contributed by atoms with Gasteiger partial charge in [-0.05, 0) is 24.3 Å². The van der Waals surface area contributed by atoms with Gasteiger partial charge in [-0.2, -0.15) is 0 Å². The van der Waals surface area contributed by atoms with E-state index in [2.05, 4.69) is 10.2 Å². The van der Waals surface area contributed by atoms with E-state index >= 15 is 0 Å². The summed E-state index contributed by atoms with van der Waals surface area (Å²) in [4.78, 5) is 10.2. The third-order valence-electron chi connectivity index (χ3n) is 3.40. The zero-order valence-corrected chi connectivity index (χ0v) is 12.6. The van der Waals surface area contributed by atoms with Crippen LogP contribution in [-0.4, -0.2) is 18.0 Å². The molecule has 1 unspecified atom stereocenters. The monoisotopic (exact) mass is 318 g/mol. The first kappa shape index (κ1) is 14.6. The molecule has 0 aromatic heterocycles. The number of hydrogen-bond donors (Lipinski definition) is 2. The molecule has 1 fully saturated rings. The van der Waals surface area contributed by atoms with Crippen molar-refractivity contribution in [2.24, 2.45) is 0 Å². The van der Waals surface area contributed by atoms with Gasteiger partial charge in [-0.3, -0.25) is 19.3 Å². The lowest BCUT2D eigenvalue weighted by Gasteiger charge is -2.27. The molecule has 1 heterocycles. The van der Waals surface area contributed by atoms with E-state index in [-0.39, 0.29) is 5.69 Å². The van der Waals surface area contributed by atoms with Gasteiger partial charge in [0.15, 0.2) is 0 Å². The maximum absolute atomic E-state index is 13.1. The Labute approximate surface area is 127 Å². The Balaban J connectivity index is 1.83. The number of hydrogen-bond acceptors (Lipinski definition) is 3. The number of nitrogens with zero attached hydrogens (tertiary/aromatic N) is 2. The number of nitrogens with one attached hydrogen (secondary N) is 2. The molecule has 0 bridgehead atoms. The lowest BCUT2D eigenvalue weighted by atomic mass is 10.3. The number of nitro benzene ring substituents is 1. The molecule has 1 aliphatic rings. The summed E-state index contributed by atoms with van der Waals surface area (Å²) in [5, 5.41) is 16.7. The molecule has 7 nitrogen and oxygen atoms in total. The first-order valence-electron chi connectivity index (χ1n) is 6.79. The summed E-state index contributed by atoms with van der Waals surface area (Å²) >= 11 is 0. The summed E-state index contributed by atoms with van der Waals surface area (Å²) in [7, 11) is -3.00. The van der Waals surface area contributed by atoms with Gasteiger partial charge in [-0.15, -0.1) is 0 Å². The summed E-state index contributed by atoms with van der Waals surface area (Å²) in [6, 6.07) is 15.4. The zero-order valence-electron chi connectivity index (χ0n) is 11.7. The zero-order chi connectivity index (χ0) is 15.6. The van der Waals surface area contributed by atoms with Crippen LogP contribution in [0.1, 0.15) is 0 Å². The van der Waals surface area contributed by atoms with Gasteiger partial charge in [0, 0.05) is 36.6 Å². The van der Waals surface area contributed by atoms with Gasteiger partial charge in [0.1, 0.15) is 0 Å². The molecule has 8 heteroatoms. The van der Waals surface area contributed by atoms with Crippen molar-refractivity contribution in [2.75, 3.05) is 22.8 Å². The molecular formula is C14H15N4O3P. The minimum absolute atomic E-state index is 0.00290. The molecule has 0 spiro atoms. The summed E-state index contributed by atoms with van der Waals surface area (Å²) in [6.45, 7) is 1.23. The maximum Gasteiger partial charge on any atom is 0.330 e. The molecule has 114 valence electrons. The number of non-ortho nitro benzene ring substituents is 1. The lowest BCUT2D eigenvalue weighted by molar-refractivity contribution is -0.384. The molecular weight excluding hydrogens is 303 g/mol. The molecule has 1 saturated heterocycles. The predicted molar refractivity (Wildman–Crippen MR) is 86.1 cm³/mol. The largest absolute Gasteiger partial charge is 0.330 e. The van der Waals surface area contributed by atoms with Crippen LogP contribution in [0.3, 0.4) is 0 Å². The topological polar surface area (TPSA) is 87.5 Å². The van der Waals surface area contributed by atoms with Crippen LogP contribution in [-0.2, 0) is 4.57 Å². The predicted octanol–water partition coefficient (Wildman–Crippen LogP) is 3.22. The van der Waals surface area contributed by atoms with Crippen LogP contribution < -0.4 is 14.8 Å². The second-order valence-corrected chi connectivity index (χ2v) is 7.03. The molecule has 22 heavy (non-hydrogen) atoms. The standard InChI is InChI=1S/C14H15N4O3P/c19-18(20)14-8-6-12(7-9-14)16-22(21)15-10-11-17(22)13-4-2-1-3-5-13/h1-9H,10-11H2,(H2,15,16,21). The minimum Gasteiger partial charge on any atom is -0.308 e. The summed E-state index contributed by atoms with van der Waals surface area (Å²) < 4.78 is 14.9.